The maximum absolute atomic E-state index is 7.27. The van der Waals surface area contributed by atoms with Crippen molar-refractivity contribution in [2.24, 2.45) is 11.5 Å². The lowest BCUT2D eigenvalue weighted by molar-refractivity contribution is 1.10. The van der Waals surface area contributed by atoms with Crippen LogP contribution in [0.15, 0.2) is 24.3 Å². The van der Waals surface area contributed by atoms with Crippen LogP contribution in [0.5, 0.6) is 0 Å². The van der Waals surface area contributed by atoms with Gasteiger partial charge in [0.25, 0.3) is 0 Å². The highest BCUT2D eigenvalue weighted by atomic mass is 32.2. The zero-order chi connectivity index (χ0) is 13.8. The van der Waals surface area contributed by atoms with E-state index in [-0.39, 0.29) is 10.3 Å². The largest absolute Gasteiger partial charge is 0.379 e. The SMILES string of the molecule is N=C(N)SCCc1ccc(C2CC2SC(=N)N)cc1. The molecule has 1 fully saturated rings. The van der Waals surface area contributed by atoms with Gasteiger partial charge in [-0.2, -0.15) is 0 Å². The van der Waals surface area contributed by atoms with Crippen LogP contribution in [0.2, 0.25) is 0 Å². The summed E-state index contributed by atoms with van der Waals surface area (Å²) in [5.41, 5.74) is 13.3. The van der Waals surface area contributed by atoms with Crippen molar-refractivity contribution in [2.75, 3.05) is 5.75 Å². The average molecular weight is 294 g/mol. The van der Waals surface area contributed by atoms with Gasteiger partial charge < -0.3 is 11.5 Å². The summed E-state index contributed by atoms with van der Waals surface area (Å²) < 4.78 is 0. The Morgan fingerprint density at radius 3 is 2.42 bits per heavy atom. The van der Waals surface area contributed by atoms with Crippen LogP contribution < -0.4 is 11.5 Å². The Bertz CT molecular complexity index is 472. The number of rotatable bonds is 5. The first-order valence-corrected chi connectivity index (χ1v) is 7.99. The molecule has 0 radical (unpaired) electrons. The number of hydrogen-bond donors (Lipinski definition) is 4. The zero-order valence-electron chi connectivity index (χ0n) is 10.6. The van der Waals surface area contributed by atoms with Crippen molar-refractivity contribution < 1.29 is 0 Å². The van der Waals surface area contributed by atoms with E-state index in [1.165, 1.54) is 34.7 Å². The van der Waals surface area contributed by atoms with Crippen molar-refractivity contribution in [2.45, 2.75) is 24.0 Å². The van der Waals surface area contributed by atoms with Crippen LogP contribution in [0.3, 0.4) is 0 Å². The molecule has 1 aliphatic carbocycles. The summed E-state index contributed by atoms with van der Waals surface area (Å²) in [7, 11) is 0. The number of hydrogen-bond acceptors (Lipinski definition) is 4. The average Bonchev–Trinajstić information content (AvgIpc) is 3.08. The van der Waals surface area contributed by atoms with E-state index in [0.717, 1.165) is 18.6 Å². The van der Waals surface area contributed by atoms with E-state index in [2.05, 4.69) is 24.3 Å². The minimum atomic E-state index is 0.179. The van der Waals surface area contributed by atoms with E-state index < -0.39 is 0 Å². The van der Waals surface area contributed by atoms with Crippen molar-refractivity contribution in [3.8, 4) is 0 Å². The van der Waals surface area contributed by atoms with Gasteiger partial charge in [0.2, 0.25) is 0 Å². The van der Waals surface area contributed by atoms with Gasteiger partial charge in [0, 0.05) is 11.0 Å². The highest BCUT2D eigenvalue weighted by molar-refractivity contribution is 8.14. The molecular weight excluding hydrogens is 276 g/mol. The summed E-state index contributed by atoms with van der Waals surface area (Å²) in [4.78, 5) is 0. The number of benzene rings is 1. The topological polar surface area (TPSA) is 99.7 Å². The highest BCUT2D eigenvalue weighted by Crippen LogP contribution is 2.49. The third kappa shape index (κ3) is 4.47. The molecule has 19 heavy (non-hydrogen) atoms. The lowest BCUT2D eigenvalue weighted by Crippen LogP contribution is -2.05. The Morgan fingerprint density at radius 2 is 1.84 bits per heavy atom. The van der Waals surface area contributed by atoms with Crippen molar-refractivity contribution in [3.63, 3.8) is 0 Å². The molecule has 1 aliphatic rings. The zero-order valence-corrected chi connectivity index (χ0v) is 12.2. The molecular formula is C13H18N4S2. The monoisotopic (exact) mass is 294 g/mol. The molecule has 0 bridgehead atoms. The van der Waals surface area contributed by atoms with Gasteiger partial charge in [0.1, 0.15) is 0 Å². The minimum absolute atomic E-state index is 0.179. The standard InChI is InChI=1S/C13H18N4S2/c14-12(15)18-6-5-8-1-3-9(4-2-8)10-7-11(10)19-13(16)17/h1-4,10-11H,5-7H2,(H3,14,15)(H3,16,17). The molecule has 1 aromatic carbocycles. The molecule has 1 saturated carbocycles. The second kappa shape index (κ2) is 6.34. The summed E-state index contributed by atoms with van der Waals surface area (Å²) in [5, 5.41) is 15.3. The van der Waals surface area contributed by atoms with Gasteiger partial charge in [-0.15, -0.1) is 0 Å². The summed E-state index contributed by atoms with van der Waals surface area (Å²) in [6.07, 6.45) is 2.05. The third-order valence-corrected chi connectivity index (χ3v) is 4.86. The predicted octanol–water partition coefficient (Wildman–Crippen LogP) is 2.34. The fourth-order valence-electron chi connectivity index (χ4n) is 2.03. The fourth-order valence-corrected chi connectivity index (χ4v) is 3.53. The fraction of sp³-hybridized carbons (Fsp3) is 0.385. The molecule has 6 N–H and O–H groups in total. The van der Waals surface area contributed by atoms with Crippen molar-refractivity contribution in [1.82, 2.24) is 0 Å². The van der Waals surface area contributed by atoms with Gasteiger partial charge in [-0.1, -0.05) is 47.8 Å². The molecule has 2 atom stereocenters. The van der Waals surface area contributed by atoms with Crippen LogP contribution >= 0.6 is 23.5 Å². The quantitative estimate of drug-likeness (QED) is 0.494. The Balaban J connectivity index is 1.82. The van der Waals surface area contributed by atoms with E-state index in [1.807, 2.05) is 0 Å². The summed E-state index contributed by atoms with van der Waals surface area (Å²) in [5.74, 6) is 1.40. The van der Waals surface area contributed by atoms with Crippen LogP contribution in [-0.4, -0.2) is 21.3 Å². The van der Waals surface area contributed by atoms with Crippen molar-refractivity contribution in [1.29, 1.82) is 10.8 Å². The predicted molar refractivity (Wildman–Crippen MR) is 85.2 cm³/mol. The first-order chi connectivity index (χ1) is 9.06. The third-order valence-electron chi connectivity index (χ3n) is 3.07. The van der Waals surface area contributed by atoms with E-state index in [0.29, 0.717) is 11.2 Å². The maximum atomic E-state index is 7.27. The Labute approximate surface area is 121 Å². The van der Waals surface area contributed by atoms with E-state index >= 15 is 0 Å². The van der Waals surface area contributed by atoms with Crippen LogP contribution in [0, 0.1) is 10.8 Å². The summed E-state index contributed by atoms with van der Waals surface area (Å²) >= 11 is 2.84. The lowest BCUT2D eigenvalue weighted by atomic mass is 10.1. The number of amidine groups is 2. The highest BCUT2D eigenvalue weighted by Gasteiger charge is 2.39. The van der Waals surface area contributed by atoms with Gasteiger partial charge in [-0.05, 0) is 29.9 Å². The normalized spacial score (nSPS) is 21.1. The molecule has 4 nitrogen and oxygen atoms in total. The molecule has 0 aliphatic heterocycles. The Hall–Kier alpha value is -1.14. The molecule has 0 amide bonds. The molecule has 0 aromatic heterocycles. The molecule has 0 heterocycles. The Kier molecular flexibility index (Phi) is 4.76. The van der Waals surface area contributed by atoms with Crippen molar-refractivity contribution >= 4 is 33.9 Å². The molecule has 0 spiro atoms. The van der Waals surface area contributed by atoms with E-state index in [9.17, 15) is 0 Å². The van der Waals surface area contributed by atoms with Crippen LogP contribution in [0.4, 0.5) is 0 Å². The first-order valence-electron chi connectivity index (χ1n) is 6.12. The minimum Gasteiger partial charge on any atom is -0.379 e. The van der Waals surface area contributed by atoms with Crippen molar-refractivity contribution in [3.05, 3.63) is 35.4 Å². The summed E-state index contributed by atoms with van der Waals surface area (Å²) in [6, 6.07) is 8.62. The van der Waals surface area contributed by atoms with Crippen LogP contribution in [-0.2, 0) is 6.42 Å². The summed E-state index contributed by atoms with van der Waals surface area (Å²) in [6.45, 7) is 0. The second-order valence-corrected chi connectivity index (χ2v) is 6.98. The van der Waals surface area contributed by atoms with Gasteiger partial charge in [0.15, 0.2) is 10.3 Å². The van der Waals surface area contributed by atoms with E-state index in [1.54, 1.807) is 0 Å². The number of thioether (sulfide) groups is 2. The van der Waals surface area contributed by atoms with Gasteiger partial charge in [-0.25, -0.2) is 0 Å². The van der Waals surface area contributed by atoms with Gasteiger partial charge >= 0.3 is 0 Å². The number of nitrogens with two attached hydrogens (primary N) is 2. The van der Waals surface area contributed by atoms with Crippen LogP contribution in [0.25, 0.3) is 0 Å². The number of aryl methyl sites for hydroxylation is 1. The Morgan fingerprint density at radius 1 is 1.16 bits per heavy atom. The van der Waals surface area contributed by atoms with E-state index in [4.69, 9.17) is 22.3 Å². The molecule has 102 valence electrons. The second-order valence-electron chi connectivity index (χ2n) is 4.57. The lowest BCUT2D eigenvalue weighted by Gasteiger charge is -2.04. The molecule has 2 rings (SSSR count). The molecule has 6 heteroatoms. The molecule has 0 saturated heterocycles. The molecule has 1 aromatic rings. The molecule has 2 unspecified atom stereocenters. The van der Waals surface area contributed by atoms with Crippen LogP contribution in [0.1, 0.15) is 23.5 Å². The first kappa shape index (κ1) is 14.3. The maximum Gasteiger partial charge on any atom is 0.151 e. The number of nitrogens with one attached hydrogen (secondary N) is 2. The smallest absolute Gasteiger partial charge is 0.151 e. The van der Waals surface area contributed by atoms with Gasteiger partial charge in [0.05, 0.1) is 0 Å². The van der Waals surface area contributed by atoms with Gasteiger partial charge in [-0.3, -0.25) is 10.8 Å².